The lowest BCUT2D eigenvalue weighted by molar-refractivity contribution is -0.259. The Morgan fingerprint density at radius 2 is 1.78 bits per heavy atom. The van der Waals surface area contributed by atoms with Gasteiger partial charge in [-0.25, -0.2) is 4.79 Å². The van der Waals surface area contributed by atoms with E-state index < -0.39 is 23.2 Å². The molecule has 2 N–H and O–H groups in total. The standard InChI is InChI=1S/C20H33NO6/c1-6-26-17(23)12-11-15(22)9-7-8-10-18(24)27-16-13-19(2,3)21(25)20(4,5)14-16/h7-8,11-12,15-16,22,25H,6,9-10,13-14H2,1-5H3/b8-7+,12-11+. The number of nitrogens with zero attached hydrogens (tertiary/aromatic N) is 1. The molecule has 0 saturated carbocycles. The highest BCUT2D eigenvalue weighted by Gasteiger charge is 2.46. The van der Waals surface area contributed by atoms with Crippen molar-refractivity contribution in [3.63, 3.8) is 0 Å². The van der Waals surface area contributed by atoms with Gasteiger partial charge < -0.3 is 19.8 Å². The van der Waals surface area contributed by atoms with Gasteiger partial charge in [0.1, 0.15) is 6.10 Å². The predicted molar refractivity (Wildman–Crippen MR) is 101 cm³/mol. The van der Waals surface area contributed by atoms with E-state index in [2.05, 4.69) is 0 Å². The highest BCUT2D eigenvalue weighted by molar-refractivity contribution is 5.81. The summed E-state index contributed by atoms with van der Waals surface area (Å²) in [5.74, 6) is -0.838. The Kier molecular flexibility index (Phi) is 8.65. The number of aliphatic hydroxyl groups is 1. The van der Waals surface area contributed by atoms with Crippen molar-refractivity contribution >= 4 is 11.9 Å². The summed E-state index contributed by atoms with van der Waals surface area (Å²) in [6.07, 6.45) is 6.28. The summed E-state index contributed by atoms with van der Waals surface area (Å²) >= 11 is 0. The number of piperidine rings is 1. The molecule has 0 radical (unpaired) electrons. The summed E-state index contributed by atoms with van der Waals surface area (Å²) in [6, 6.07) is 0. The Labute approximate surface area is 161 Å². The second-order valence-electron chi connectivity index (χ2n) is 8.05. The number of hydrogen-bond acceptors (Lipinski definition) is 7. The van der Waals surface area contributed by atoms with Crippen LogP contribution in [0, 0.1) is 0 Å². The molecule has 1 unspecified atom stereocenters. The molecular formula is C20H33NO6. The normalized spacial score (nSPS) is 21.4. The first-order chi connectivity index (χ1) is 12.5. The molecule has 0 bridgehead atoms. The van der Waals surface area contributed by atoms with Crippen LogP contribution in [0.5, 0.6) is 0 Å². The maximum Gasteiger partial charge on any atom is 0.330 e. The lowest BCUT2D eigenvalue weighted by atomic mass is 9.80. The number of hydroxylamine groups is 2. The van der Waals surface area contributed by atoms with E-state index in [1.54, 1.807) is 19.1 Å². The highest BCUT2D eigenvalue weighted by atomic mass is 16.5. The van der Waals surface area contributed by atoms with Crippen LogP contribution in [0.15, 0.2) is 24.3 Å². The van der Waals surface area contributed by atoms with Crippen LogP contribution in [0.1, 0.15) is 60.3 Å². The molecule has 0 aromatic heterocycles. The average molecular weight is 383 g/mol. The predicted octanol–water partition coefficient (Wildman–Crippen LogP) is 2.76. The van der Waals surface area contributed by atoms with Gasteiger partial charge in [-0.15, -0.1) is 0 Å². The van der Waals surface area contributed by atoms with Crippen LogP contribution in [0.3, 0.4) is 0 Å². The minimum absolute atomic E-state index is 0.106. The average Bonchev–Trinajstić information content (AvgIpc) is 2.54. The van der Waals surface area contributed by atoms with E-state index in [4.69, 9.17) is 9.47 Å². The van der Waals surface area contributed by atoms with Gasteiger partial charge in [-0.05, 0) is 47.1 Å². The van der Waals surface area contributed by atoms with Crippen molar-refractivity contribution in [2.75, 3.05) is 6.61 Å². The molecule has 7 heteroatoms. The maximum atomic E-state index is 12.1. The number of esters is 2. The molecule has 0 aromatic rings. The van der Waals surface area contributed by atoms with Gasteiger partial charge in [0.25, 0.3) is 0 Å². The lowest BCUT2D eigenvalue weighted by Crippen LogP contribution is -2.60. The number of hydrogen-bond donors (Lipinski definition) is 2. The third kappa shape index (κ3) is 7.82. The van der Waals surface area contributed by atoms with E-state index in [9.17, 15) is 19.9 Å². The summed E-state index contributed by atoms with van der Waals surface area (Å²) in [6.45, 7) is 9.66. The number of carbonyl (C=O) groups excluding carboxylic acids is 2. The zero-order valence-corrected chi connectivity index (χ0v) is 17.0. The summed E-state index contributed by atoms with van der Waals surface area (Å²) < 4.78 is 10.3. The molecule has 0 aromatic carbocycles. The Hall–Kier alpha value is -1.70. The Morgan fingerprint density at radius 1 is 1.19 bits per heavy atom. The van der Waals surface area contributed by atoms with Crippen LogP contribution in [0.2, 0.25) is 0 Å². The van der Waals surface area contributed by atoms with Crippen LogP contribution in [-0.4, -0.2) is 57.2 Å². The molecule has 1 heterocycles. The molecular weight excluding hydrogens is 350 g/mol. The second kappa shape index (κ2) is 10.0. The van der Waals surface area contributed by atoms with Gasteiger partial charge in [-0.2, -0.15) is 5.06 Å². The molecule has 0 aliphatic carbocycles. The van der Waals surface area contributed by atoms with Gasteiger partial charge in [0.15, 0.2) is 0 Å². The molecule has 27 heavy (non-hydrogen) atoms. The van der Waals surface area contributed by atoms with Crippen LogP contribution in [0.25, 0.3) is 0 Å². The molecule has 1 saturated heterocycles. The molecule has 1 aliphatic rings. The third-order valence-electron chi connectivity index (χ3n) is 4.47. The monoisotopic (exact) mass is 383 g/mol. The molecule has 1 fully saturated rings. The molecule has 0 spiro atoms. The fourth-order valence-corrected chi connectivity index (χ4v) is 3.37. The van der Waals surface area contributed by atoms with E-state index in [0.717, 1.165) is 0 Å². The fraction of sp³-hybridized carbons (Fsp3) is 0.700. The van der Waals surface area contributed by atoms with Gasteiger partial charge in [-0.1, -0.05) is 12.2 Å². The van der Waals surface area contributed by atoms with E-state index in [0.29, 0.717) is 12.8 Å². The van der Waals surface area contributed by atoms with Crippen molar-refractivity contribution in [1.29, 1.82) is 0 Å². The number of aliphatic hydroxyl groups excluding tert-OH is 1. The summed E-state index contributed by atoms with van der Waals surface area (Å²) in [5, 5.41) is 21.4. The van der Waals surface area contributed by atoms with E-state index in [1.807, 2.05) is 27.7 Å². The minimum Gasteiger partial charge on any atom is -0.463 e. The van der Waals surface area contributed by atoms with Crippen molar-refractivity contribution in [3.05, 3.63) is 24.3 Å². The zero-order valence-electron chi connectivity index (χ0n) is 17.0. The molecule has 1 aliphatic heterocycles. The molecule has 0 amide bonds. The third-order valence-corrected chi connectivity index (χ3v) is 4.47. The van der Waals surface area contributed by atoms with Gasteiger partial charge >= 0.3 is 11.9 Å². The molecule has 1 atom stereocenters. The lowest BCUT2D eigenvalue weighted by Gasteiger charge is -2.50. The summed E-state index contributed by atoms with van der Waals surface area (Å²) in [4.78, 5) is 23.2. The van der Waals surface area contributed by atoms with Gasteiger partial charge in [0, 0.05) is 30.0 Å². The van der Waals surface area contributed by atoms with Crippen molar-refractivity contribution < 1.29 is 29.4 Å². The van der Waals surface area contributed by atoms with Crippen LogP contribution < -0.4 is 0 Å². The Balaban J connectivity index is 2.40. The van der Waals surface area contributed by atoms with E-state index in [1.165, 1.54) is 17.2 Å². The van der Waals surface area contributed by atoms with Gasteiger partial charge in [-0.3, -0.25) is 4.79 Å². The Bertz CT molecular complexity index is 549. The number of ether oxygens (including phenoxy) is 2. The van der Waals surface area contributed by atoms with Crippen LogP contribution in [0.4, 0.5) is 0 Å². The van der Waals surface area contributed by atoms with Gasteiger partial charge in [0.05, 0.1) is 19.1 Å². The van der Waals surface area contributed by atoms with Crippen molar-refractivity contribution in [2.45, 2.75) is 83.6 Å². The van der Waals surface area contributed by atoms with Crippen LogP contribution in [-0.2, 0) is 19.1 Å². The first-order valence-corrected chi connectivity index (χ1v) is 9.34. The van der Waals surface area contributed by atoms with E-state index >= 15 is 0 Å². The largest absolute Gasteiger partial charge is 0.463 e. The van der Waals surface area contributed by atoms with Gasteiger partial charge in [0.2, 0.25) is 0 Å². The molecule has 7 nitrogen and oxygen atoms in total. The SMILES string of the molecule is CCOC(=O)/C=C/C(O)C/C=C/CC(=O)OC1CC(C)(C)N(O)C(C)(C)C1. The minimum atomic E-state index is -0.822. The highest BCUT2D eigenvalue weighted by Crippen LogP contribution is 2.37. The summed E-state index contributed by atoms with van der Waals surface area (Å²) in [7, 11) is 0. The topological polar surface area (TPSA) is 96.3 Å². The molecule has 1 rings (SSSR count). The fourth-order valence-electron chi connectivity index (χ4n) is 3.37. The first-order valence-electron chi connectivity index (χ1n) is 9.34. The second-order valence-corrected chi connectivity index (χ2v) is 8.05. The van der Waals surface area contributed by atoms with E-state index in [-0.39, 0.29) is 31.5 Å². The number of carbonyl (C=O) groups is 2. The smallest absolute Gasteiger partial charge is 0.330 e. The molecule has 154 valence electrons. The first kappa shape index (κ1) is 23.3. The Morgan fingerprint density at radius 3 is 2.33 bits per heavy atom. The van der Waals surface area contributed by atoms with Crippen LogP contribution >= 0.6 is 0 Å². The maximum absolute atomic E-state index is 12.1. The van der Waals surface area contributed by atoms with Crippen molar-refractivity contribution in [2.24, 2.45) is 0 Å². The van der Waals surface area contributed by atoms with Crippen molar-refractivity contribution in [1.82, 2.24) is 5.06 Å². The number of rotatable bonds is 8. The summed E-state index contributed by atoms with van der Waals surface area (Å²) in [5.41, 5.74) is -0.949. The quantitative estimate of drug-likeness (QED) is 0.378. The van der Waals surface area contributed by atoms with Crippen molar-refractivity contribution in [3.8, 4) is 0 Å². The zero-order chi connectivity index (χ0) is 20.7.